The molecule has 0 saturated carbocycles. The highest BCUT2D eigenvalue weighted by molar-refractivity contribution is 8.00. The highest BCUT2D eigenvalue weighted by Gasteiger charge is 2.03. The van der Waals surface area contributed by atoms with Gasteiger partial charge in [0.25, 0.3) is 0 Å². The van der Waals surface area contributed by atoms with E-state index >= 15 is 0 Å². The molecule has 0 spiro atoms. The zero-order chi connectivity index (χ0) is 9.97. The zero-order valence-corrected chi connectivity index (χ0v) is 8.73. The molecule has 3 heteroatoms. The SMILES string of the molecule is CC(=O)CSc1c[nH]c2ccccc12. The molecule has 0 atom stereocenters. The van der Waals surface area contributed by atoms with E-state index < -0.39 is 0 Å². The van der Waals surface area contributed by atoms with Gasteiger partial charge < -0.3 is 4.98 Å². The first-order valence-electron chi connectivity index (χ1n) is 4.46. The standard InChI is InChI=1S/C11H11NOS/c1-8(13)7-14-11-6-12-10-5-3-2-4-9(10)11/h2-6,12H,7H2,1H3. The molecule has 2 aromatic rings. The largest absolute Gasteiger partial charge is 0.360 e. The first kappa shape index (κ1) is 9.34. The number of para-hydroxylation sites is 1. The third-order valence-corrected chi connectivity index (χ3v) is 3.18. The molecular formula is C11H11NOS. The van der Waals surface area contributed by atoms with Gasteiger partial charge in [-0.2, -0.15) is 0 Å². The van der Waals surface area contributed by atoms with Crippen LogP contribution in [0.25, 0.3) is 10.9 Å². The molecule has 0 saturated heterocycles. The number of carbonyl (C=O) groups excluding carboxylic acids is 1. The molecule has 1 heterocycles. The molecule has 72 valence electrons. The van der Waals surface area contributed by atoms with Crippen LogP contribution in [0.3, 0.4) is 0 Å². The first-order valence-corrected chi connectivity index (χ1v) is 5.44. The van der Waals surface area contributed by atoms with Gasteiger partial charge in [0.15, 0.2) is 0 Å². The fourth-order valence-electron chi connectivity index (χ4n) is 1.34. The van der Waals surface area contributed by atoms with Crippen molar-refractivity contribution in [3.8, 4) is 0 Å². The van der Waals surface area contributed by atoms with E-state index in [1.807, 2.05) is 24.4 Å². The van der Waals surface area contributed by atoms with Crippen molar-refractivity contribution in [2.75, 3.05) is 5.75 Å². The van der Waals surface area contributed by atoms with Crippen molar-refractivity contribution in [3.05, 3.63) is 30.5 Å². The van der Waals surface area contributed by atoms with Crippen LogP contribution < -0.4 is 0 Å². The molecular weight excluding hydrogens is 194 g/mol. The molecule has 0 radical (unpaired) electrons. The highest BCUT2D eigenvalue weighted by Crippen LogP contribution is 2.27. The second-order valence-corrected chi connectivity index (χ2v) is 4.21. The molecule has 1 N–H and O–H groups in total. The van der Waals surface area contributed by atoms with Crippen molar-refractivity contribution >= 4 is 28.4 Å². The maximum Gasteiger partial charge on any atom is 0.140 e. The minimum atomic E-state index is 0.209. The minimum Gasteiger partial charge on any atom is -0.360 e. The summed E-state index contributed by atoms with van der Waals surface area (Å²) in [5.41, 5.74) is 1.12. The summed E-state index contributed by atoms with van der Waals surface area (Å²) in [6.45, 7) is 1.61. The number of aromatic amines is 1. The number of benzene rings is 1. The Bertz CT molecular complexity index is 461. The molecule has 0 amide bonds. The molecule has 0 fully saturated rings. The van der Waals surface area contributed by atoms with Gasteiger partial charge in [-0.3, -0.25) is 4.79 Å². The van der Waals surface area contributed by atoms with Crippen molar-refractivity contribution in [2.24, 2.45) is 0 Å². The summed E-state index contributed by atoms with van der Waals surface area (Å²) in [5, 5.41) is 1.19. The second kappa shape index (κ2) is 3.88. The third-order valence-electron chi connectivity index (χ3n) is 1.98. The minimum absolute atomic E-state index is 0.209. The van der Waals surface area contributed by atoms with E-state index in [1.54, 1.807) is 18.7 Å². The fraction of sp³-hybridized carbons (Fsp3) is 0.182. The van der Waals surface area contributed by atoms with E-state index in [9.17, 15) is 4.79 Å². The summed E-state index contributed by atoms with van der Waals surface area (Å²) >= 11 is 1.58. The number of Topliss-reactive ketones (excluding diaryl/α,β-unsaturated/α-hetero) is 1. The summed E-state index contributed by atoms with van der Waals surface area (Å²) < 4.78 is 0. The number of fused-ring (bicyclic) bond motifs is 1. The number of carbonyl (C=O) groups is 1. The van der Waals surface area contributed by atoms with Crippen LogP contribution >= 0.6 is 11.8 Å². The van der Waals surface area contributed by atoms with Crippen LogP contribution in [0.15, 0.2) is 35.4 Å². The summed E-state index contributed by atoms with van der Waals surface area (Å²) in [6, 6.07) is 8.10. The molecule has 0 bridgehead atoms. The lowest BCUT2D eigenvalue weighted by molar-refractivity contribution is -0.114. The maximum atomic E-state index is 10.8. The van der Waals surface area contributed by atoms with Gasteiger partial charge >= 0.3 is 0 Å². The van der Waals surface area contributed by atoms with Gasteiger partial charge in [0, 0.05) is 22.0 Å². The van der Waals surface area contributed by atoms with Gasteiger partial charge in [-0.25, -0.2) is 0 Å². The molecule has 2 nitrogen and oxygen atoms in total. The second-order valence-electron chi connectivity index (χ2n) is 3.19. The Kier molecular flexibility index (Phi) is 2.59. The van der Waals surface area contributed by atoms with Crippen molar-refractivity contribution in [3.63, 3.8) is 0 Å². The molecule has 0 aliphatic rings. The van der Waals surface area contributed by atoms with Gasteiger partial charge in [0.2, 0.25) is 0 Å². The summed E-state index contributed by atoms with van der Waals surface area (Å²) in [6.07, 6.45) is 1.96. The lowest BCUT2D eigenvalue weighted by Gasteiger charge is -1.95. The number of hydrogen-bond acceptors (Lipinski definition) is 2. The quantitative estimate of drug-likeness (QED) is 0.781. The fourth-order valence-corrected chi connectivity index (χ4v) is 2.18. The number of H-pyrrole nitrogens is 1. The molecule has 0 unspecified atom stereocenters. The van der Waals surface area contributed by atoms with Crippen molar-refractivity contribution < 1.29 is 4.79 Å². The molecule has 0 aliphatic heterocycles. The van der Waals surface area contributed by atoms with E-state index in [4.69, 9.17) is 0 Å². The summed E-state index contributed by atoms with van der Waals surface area (Å²) in [7, 11) is 0. The zero-order valence-electron chi connectivity index (χ0n) is 7.91. The van der Waals surface area contributed by atoms with E-state index in [2.05, 4.69) is 11.1 Å². The predicted molar refractivity (Wildman–Crippen MR) is 59.7 cm³/mol. The molecule has 1 aromatic carbocycles. The van der Waals surface area contributed by atoms with Gasteiger partial charge in [0.05, 0.1) is 5.75 Å². The van der Waals surface area contributed by atoms with Gasteiger partial charge in [-0.1, -0.05) is 18.2 Å². The lowest BCUT2D eigenvalue weighted by Crippen LogP contribution is -1.91. The molecule has 14 heavy (non-hydrogen) atoms. The van der Waals surface area contributed by atoms with Crippen LogP contribution in [0.2, 0.25) is 0 Å². The highest BCUT2D eigenvalue weighted by atomic mass is 32.2. The van der Waals surface area contributed by atoms with Crippen molar-refractivity contribution in [2.45, 2.75) is 11.8 Å². The van der Waals surface area contributed by atoms with Gasteiger partial charge in [0.1, 0.15) is 5.78 Å². The number of aromatic nitrogens is 1. The topological polar surface area (TPSA) is 32.9 Å². The van der Waals surface area contributed by atoms with Crippen LogP contribution in [0.5, 0.6) is 0 Å². The van der Waals surface area contributed by atoms with Crippen molar-refractivity contribution in [1.29, 1.82) is 0 Å². The maximum absolute atomic E-state index is 10.8. The third kappa shape index (κ3) is 1.82. The number of hydrogen-bond donors (Lipinski definition) is 1. The van der Waals surface area contributed by atoms with Crippen LogP contribution in [0.1, 0.15) is 6.92 Å². The Labute approximate surface area is 86.7 Å². The Balaban J connectivity index is 2.29. The van der Waals surface area contributed by atoms with Crippen LogP contribution in [-0.4, -0.2) is 16.5 Å². The van der Waals surface area contributed by atoms with Crippen LogP contribution in [0, 0.1) is 0 Å². The van der Waals surface area contributed by atoms with E-state index in [0.29, 0.717) is 5.75 Å². The number of rotatable bonds is 3. The van der Waals surface area contributed by atoms with Gasteiger partial charge in [-0.15, -0.1) is 11.8 Å². The van der Waals surface area contributed by atoms with E-state index in [0.717, 1.165) is 10.4 Å². The number of thioether (sulfide) groups is 1. The average Bonchev–Trinajstić information content (AvgIpc) is 2.58. The summed E-state index contributed by atoms with van der Waals surface area (Å²) in [4.78, 5) is 15.2. The first-order chi connectivity index (χ1) is 6.77. The monoisotopic (exact) mass is 205 g/mol. The van der Waals surface area contributed by atoms with Crippen LogP contribution in [0.4, 0.5) is 0 Å². The predicted octanol–water partition coefficient (Wildman–Crippen LogP) is 2.85. The Hall–Kier alpha value is -1.22. The number of ketones is 1. The summed E-state index contributed by atoms with van der Waals surface area (Å²) in [5.74, 6) is 0.752. The number of nitrogens with one attached hydrogen (secondary N) is 1. The van der Waals surface area contributed by atoms with E-state index in [1.165, 1.54) is 5.39 Å². The van der Waals surface area contributed by atoms with E-state index in [-0.39, 0.29) is 5.78 Å². The molecule has 2 rings (SSSR count). The van der Waals surface area contributed by atoms with Gasteiger partial charge in [-0.05, 0) is 13.0 Å². The smallest absolute Gasteiger partial charge is 0.140 e. The normalized spacial score (nSPS) is 10.6. The van der Waals surface area contributed by atoms with Crippen LogP contribution in [-0.2, 0) is 4.79 Å². The Morgan fingerprint density at radius 3 is 3.00 bits per heavy atom. The Morgan fingerprint density at radius 1 is 1.43 bits per heavy atom. The Morgan fingerprint density at radius 2 is 2.21 bits per heavy atom. The van der Waals surface area contributed by atoms with Crippen molar-refractivity contribution in [1.82, 2.24) is 4.98 Å². The average molecular weight is 205 g/mol. The lowest BCUT2D eigenvalue weighted by atomic mass is 10.2. The molecule has 1 aromatic heterocycles. The molecule has 0 aliphatic carbocycles.